The standard InChI is InChI=1S/C12H21NO4/c1-2-3-8(4-5-14)7-13-11(15)9-6-10(9)12(16)17/h8-10,14H,2-7H2,1H3,(H,13,15)(H,16,17). The van der Waals surface area contributed by atoms with Gasteiger partial charge in [-0.2, -0.15) is 0 Å². The predicted molar refractivity (Wildman–Crippen MR) is 62.3 cm³/mol. The third-order valence-electron chi connectivity index (χ3n) is 3.24. The maximum atomic E-state index is 11.6. The first kappa shape index (κ1) is 14.0. The Kier molecular flexibility index (Phi) is 5.41. The van der Waals surface area contributed by atoms with Crippen LogP contribution in [0.2, 0.25) is 0 Å². The Labute approximate surface area is 101 Å². The minimum absolute atomic E-state index is 0.127. The highest BCUT2D eigenvalue weighted by molar-refractivity contribution is 5.89. The number of rotatable bonds is 8. The van der Waals surface area contributed by atoms with Gasteiger partial charge in [0.1, 0.15) is 0 Å². The van der Waals surface area contributed by atoms with Gasteiger partial charge in [0.25, 0.3) is 0 Å². The topological polar surface area (TPSA) is 86.6 Å². The zero-order valence-corrected chi connectivity index (χ0v) is 10.2. The third-order valence-corrected chi connectivity index (χ3v) is 3.24. The van der Waals surface area contributed by atoms with Crippen LogP contribution in [-0.2, 0) is 9.59 Å². The Morgan fingerprint density at radius 1 is 1.35 bits per heavy atom. The summed E-state index contributed by atoms with van der Waals surface area (Å²) in [7, 11) is 0. The SMILES string of the molecule is CCCC(CCO)CNC(=O)C1CC1C(=O)O. The highest BCUT2D eigenvalue weighted by Crippen LogP contribution is 2.38. The number of hydrogen-bond donors (Lipinski definition) is 3. The Morgan fingerprint density at radius 3 is 2.53 bits per heavy atom. The molecule has 3 atom stereocenters. The number of aliphatic carboxylic acids is 1. The van der Waals surface area contributed by atoms with Gasteiger partial charge in [0.15, 0.2) is 0 Å². The van der Waals surface area contributed by atoms with Gasteiger partial charge in [-0.3, -0.25) is 9.59 Å². The molecular formula is C12H21NO4. The molecule has 98 valence electrons. The number of nitrogens with one attached hydrogen (secondary N) is 1. The molecule has 1 aliphatic rings. The quantitative estimate of drug-likeness (QED) is 0.583. The summed E-state index contributed by atoms with van der Waals surface area (Å²) in [6, 6.07) is 0. The number of amides is 1. The van der Waals surface area contributed by atoms with E-state index in [1.807, 2.05) is 0 Å². The molecule has 5 heteroatoms. The minimum Gasteiger partial charge on any atom is -0.481 e. The summed E-state index contributed by atoms with van der Waals surface area (Å²) in [4.78, 5) is 22.2. The maximum absolute atomic E-state index is 11.6. The molecule has 1 saturated carbocycles. The number of aliphatic hydroxyl groups excluding tert-OH is 1. The fraction of sp³-hybridized carbons (Fsp3) is 0.833. The molecule has 1 aliphatic carbocycles. The predicted octanol–water partition coefficient (Wildman–Crippen LogP) is 0.622. The highest BCUT2D eigenvalue weighted by atomic mass is 16.4. The maximum Gasteiger partial charge on any atom is 0.307 e. The lowest BCUT2D eigenvalue weighted by molar-refractivity contribution is -0.140. The lowest BCUT2D eigenvalue weighted by Crippen LogP contribution is -2.31. The fourth-order valence-corrected chi connectivity index (χ4v) is 2.07. The van der Waals surface area contributed by atoms with Crippen molar-refractivity contribution in [3.8, 4) is 0 Å². The van der Waals surface area contributed by atoms with E-state index in [-0.39, 0.29) is 24.3 Å². The third kappa shape index (κ3) is 4.34. The van der Waals surface area contributed by atoms with Crippen LogP contribution in [0.25, 0.3) is 0 Å². The van der Waals surface area contributed by atoms with Crippen molar-refractivity contribution in [2.45, 2.75) is 32.6 Å². The van der Waals surface area contributed by atoms with E-state index in [1.165, 1.54) is 0 Å². The van der Waals surface area contributed by atoms with E-state index in [2.05, 4.69) is 12.2 Å². The fourth-order valence-electron chi connectivity index (χ4n) is 2.07. The zero-order valence-electron chi connectivity index (χ0n) is 10.2. The first-order valence-corrected chi connectivity index (χ1v) is 6.21. The Balaban J connectivity index is 2.25. The minimum atomic E-state index is -0.884. The van der Waals surface area contributed by atoms with Gasteiger partial charge in [0.2, 0.25) is 5.91 Å². The second kappa shape index (κ2) is 6.59. The summed E-state index contributed by atoms with van der Waals surface area (Å²) in [6.45, 7) is 2.73. The molecule has 0 aromatic rings. The van der Waals surface area contributed by atoms with Crippen LogP contribution in [0.1, 0.15) is 32.6 Å². The molecule has 1 fully saturated rings. The van der Waals surface area contributed by atoms with Gasteiger partial charge in [-0.1, -0.05) is 13.3 Å². The van der Waals surface area contributed by atoms with Crippen molar-refractivity contribution in [3.63, 3.8) is 0 Å². The number of aliphatic hydroxyl groups is 1. The molecule has 0 spiro atoms. The lowest BCUT2D eigenvalue weighted by Gasteiger charge is -2.15. The van der Waals surface area contributed by atoms with Crippen LogP contribution in [0.4, 0.5) is 0 Å². The van der Waals surface area contributed by atoms with E-state index < -0.39 is 11.9 Å². The smallest absolute Gasteiger partial charge is 0.307 e. The normalized spacial score (nSPS) is 24.1. The van der Waals surface area contributed by atoms with E-state index in [4.69, 9.17) is 10.2 Å². The van der Waals surface area contributed by atoms with Crippen molar-refractivity contribution in [2.24, 2.45) is 17.8 Å². The Bertz CT molecular complexity index is 274. The average molecular weight is 243 g/mol. The molecule has 17 heavy (non-hydrogen) atoms. The molecule has 0 radical (unpaired) electrons. The number of carboxylic acid groups (broad SMARTS) is 1. The summed E-state index contributed by atoms with van der Waals surface area (Å²) in [6.07, 6.45) is 3.12. The van der Waals surface area contributed by atoms with Crippen molar-refractivity contribution < 1.29 is 19.8 Å². The largest absolute Gasteiger partial charge is 0.481 e. The molecule has 1 amide bonds. The van der Waals surface area contributed by atoms with Crippen LogP contribution in [0.5, 0.6) is 0 Å². The Hall–Kier alpha value is -1.10. The molecule has 0 aliphatic heterocycles. The summed E-state index contributed by atoms with van der Waals surface area (Å²) in [5, 5.41) is 20.4. The van der Waals surface area contributed by atoms with E-state index in [9.17, 15) is 9.59 Å². The molecule has 0 heterocycles. The van der Waals surface area contributed by atoms with Gasteiger partial charge >= 0.3 is 5.97 Å². The first-order chi connectivity index (χ1) is 8.10. The van der Waals surface area contributed by atoms with E-state index >= 15 is 0 Å². The molecule has 3 N–H and O–H groups in total. The van der Waals surface area contributed by atoms with Gasteiger partial charge in [0, 0.05) is 13.2 Å². The van der Waals surface area contributed by atoms with Crippen LogP contribution in [-0.4, -0.2) is 35.2 Å². The van der Waals surface area contributed by atoms with Crippen LogP contribution in [0.3, 0.4) is 0 Å². The van der Waals surface area contributed by atoms with E-state index in [0.717, 1.165) is 12.8 Å². The van der Waals surface area contributed by atoms with E-state index in [0.29, 0.717) is 19.4 Å². The Morgan fingerprint density at radius 2 is 2.06 bits per heavy atom. The van der Waals surface area contributed by atoms with Crippen LogP contribution in [0.15, 0.2) is 0 Å². The summed E-state index contributed by atoms with van der Waals surface area (Å²) in [5.74, 6) is -1.58. The average Bonchev–Trinajstić information content (AvgIpc) is 3.06. The molecular weight excluding hydrogens is 222 g/mol. The molecule has 0 aromatic carbocycles. The molecule has 0 bridgehead atoms. The zero-order chi connectivity index (χ0) is 12.8. The monoisotopic (exact) mass is 243 g/mol. The van der Waals surface area contributed by atoms with Crippen molar-refractivity contribution in [1.29, 1.82) is 0 Å². The van der Waals surface area contributed by atoms with Crippen molar-refractivity contribution in [1.82, 2.24) is 5.32 Å². The second-order valence-electron chi connectivity index (χ2n) is 4.70. The molecule has 0 saturated heterocycles. The highest BCUT2D eigenvalue weighted by Gasteiger charge is 2.48. The summed E-state index contributed by atoms with van der Waals surface area (Å²) < 4.78 is 0. The van der Waals surface area contributed by atoms with Crippen molar-refractivity contribution in [3.05, 3.63) is 0 Å². The van der Waals surface area contributed by atoms with Gasteiger partial charge in [-0.05, 0) is 25.2 Å². The molecule has 5 nitrogen and oxygen atoms in total. The molecule has 1 rings (SSSR count). The number of carboxylic acids is 1. The lowest BCUT2D eigenvalue weighted by atomic mass is 10.0. The van der Waals surface area contributed by atoms with Gasteiger partial charge in [-0.15, -0.1) is 0 Å². The van der Waals surface area contributed by atoms with Crippen molar-refractivity contribution >= 4 is 11.9 Å². The van der Waals surface area contributed by atoms with Gasteiger partial charge in [-0.25, -0.2) is 0 Å². The molecule has 0 aromatic heterocycles. The van der Waals surface area contributed by atoms with Crippen molar-refractivity contribution in [2.75, 3.05) is 13.2 Å². The van der Waals surface area contributed by atoms with Gasteiger partial charge in [0.05, 0.1) is 11.8 Å². The summed E-state index contributed by atoms with van der Waals surface area (Å²) >= 11 is 0. The van der Waals surface area contributed by atoms with Crippen LogP contribution in [0, 0.1) is 17.8 Å². The first-order valence-electron chi connectivity index (χ1n) is 6.21. The number of hydrogen-bond acceptors (Lipinski definition) is 3. The molecule has 3 unspecified atom stereocenters. The number of carbonyl (C=O) groups is 2. The van der Waals surface area contributed by atoms with Gasteiger partial charge < -0.3 is 15.5 Å². The number of carbonyl (C=O) groups excluding carboxylic acids is 1. The van der Waals surface area contributed by atoms with E-state index in [1.54, 1.807) is 0 Å². The van der Waals surface area contributed by atoms with Crippen LogP contribution < -0.4 is 5.32 Å². The van der Waals surface area contributed by atoms with Crippen LogP contribution >= 0.6 is 0 Å². The summed E-state index contributed by atoms with van der Waals surface area (Å²) in [5.41, 5.74) is 0. The second-order valence-corrected chi connectivity index (χ2v) is 4.70.